The Hall–Kier alpha value is -0.0600. The van der Waals surface area contributed by atoms with Gasteiger partial charge in [0.25, 0.3) is 0 Å². The number of amides is 1. The Morgan fingerprint density at radius 2 is 2.45 bits per heavy atom. The normalized spacial score (nSPS) is 24.8. The van der Waals surface area contributed by atoms with Crippen molar-refractivity contribution in [1.82, 2.24) is 4.90 Å². The first-order chi connectivity index (χ1) is 5.24. The van der Waals surface area contributed by atoms with Crippen molar-refractivity contribution in [1.29, 1.82) is 0 Å². The number of hydrogen-bond donors (Lipinski definition) is 0. The molecule has 0 bridgehead atoms. The molecule has 0 aliphatic carbocycles. The molecule has 0 saturated carbocycles. The highest BCUT2D eigenvalue weighted by molar-refractivity contribution is 14.1. The highest BCUT2D eigenvalue weighted by atomic mass is 127. The lowest BCUT2D eigenvalue weighted by molar-refractivity contribution is -0.126. The highest BCUT2D eigenvalue weighted by Gasteiger charge is 2.19. The molecule has 0 aromatic carbocycles. The van der Waals surface area contributed by atoms with Crippen LogP contribution in [0.25, 0.3) is 0 Å². The standard InChI is InChI=1S/C8H12INO/c1-2-8(11)10-5-3-4-7(9)6-10/h2,7H,1,3-6H2. The van der Waals surface area contributed by atoms with Crippen LogP contribution in [0, 0.1) is 0 Å². The van der Waals surface area contributed by atoms with E-state index in [0.29, 0.717) is 3.92 Å². The van der Waals surface area contributed by atoms with Crippen molar-refractivity contribution in [3.05, 3.63) is 12.7 Å². The number of alkyl halides is 1. The second-order valence-electron chi connectivity index (χ2n) is 2.73. The molecule has 0 N–H and O–H groups in total. The van der Waals surface area contributed by atoms with E-state index in [4.69, 9.17) is 0 Å². The van der Waals surface area contributed by atoms with E-state index in [1.165, 1.54) is 12.5 Å². The summed E-state index contributed by atoms with van der Waals surface area (Å²) in [7, 11) is 0. The summed E-state index contributed by atoms with van der Waals surface area (Å²) in [5.74, 6) is 0.0753. The van der Waals surface area contributed by atoms with Crippen LogP contribution < -0.4 is 0 Å². The maximum Gasteiger partial charge on any atom is 0.245 e. The summed E-state index contributed by atoms with van der Waals surface area (Å²) in [5, 5.41) is 0. The van der Waals surface area contributed by atoms with E-state index in [2.05, 4.69) is 29.2 Å². The minimum absolute atomic E-state index is 0.0753. The fourth-order valence-corrected chi connectivity index (χ4v) is 2.17. The SMILES string of the molecule is C=CC(=O)N1CCCC(I)C1. The number of hydrogen-bond acceptors (Lipinski definition) is 1. The van der Waals surface area contributed by atoms with Gasteiger partial charge in [-0.2, -0.15) is 0 Å². The molecule has 0 aromatic rings. The predicted octanol–water partition coefficient (Wildman–Crippen LogP) is 1.60. The molecule has 1 heterocycles. The third-order valence-corrected chi connectivity index (χ3v) is 2.87. The molecule has 1 unspecified atom stereocenters. The molecular formula is C8H12INO. The minimum Gasteiger partial charge on any atom is -0.338 e. The Balaban J connectivity index is 2.45. The predicted molar refractivity (Wildman–Crippen MR) is 53.8 cm³/mol. The Kier molecular flexibility index (Phi) is 3.36. The number of carbonyl (C=O) groups is 1. The number of halogens is 1. The van der Waals surface area contributed by atoms with Gasteiger partial charge in [0.2, 0.25) is 5.91 Å². The zero-order valence-corrected chi connectivity index (χ0v) is 8.58. The van der Waals surface area contributed by atoms with Crippen LogP contribution in [-0.4, -0.2) is 27.8 Å². The van der Waals surface area contributed by atoms with Crippen LogP contribution in [0.2, 0.25) is 0 Å². The largest absolute Gasteiger partial charge is 0.338 e. The van der Waals surface area contributed by atoms with Crippen molar-refractivity contribution >= 4 is 28.5 Å². The van der Waals surface area contributed by atoms with Crippen LogP contribution in [0.3, 0.4) is 0 Å². The van der Waals surface area contributed by atoms with E-state index in [-0.39, 0.29) is 5.91 Å². The van der Waals surface area contributed by atoms with E-state index in [1.54, 1.807) is 0 Å². The molecule has 0 radical (unpaired) electrons. The second-order valence-corrected chi connectivity index (χ2v) is 4.49. The number of piperidine rings is 1. The topological polar surface area (TPSA) is 20.3 Å². The van der Waals surface area contributed by atoms with Crippen molar-refractivity contribution in [2.24, 2.45) is 0 Å². The second kappa shape index (κ2) is 4.09. The lowest BCUT2D eigenvalue weighted by Gasteiger charge is -2.28. The van der Waals surface area contributed by atoms with Gasteiger partial charge in [-0.3, -0.25) is 4.79 Å². The zero-order valence-electron chi connectivity index (χ0n) is 6.42. The summed E-state index contributed by atoms with van der Waals surface area (Å²) in [6.07, 6.45) is 3.77. The van der Waals surface area contributed by atoms with Gasteiger partial charge >= 0.3 is 0 Å². The Bertz CT molecular complexity index is 169. The molecule has 1 fully saturated rings. The molecule has 1 aliphatic heterocycles. The fourth-order valence-electron chi connectivity index (χ4n) is 1.25. The zero-order chi connectivity index (χ0) is 8.27. The van der Waals surface area contributed by atoms with Gasteiger partial charge in [-0.05, 0) is 18.9 Å². The number of carbonyl (C=O) groups excluding carboxylic acids is 1. The van der Waals surface area contributed by atoms with Crippen LogP contribution in [0.15, 0.2) is 12.7 Å². The van der Waals surface area contributed by atoms with Gasteiger partial charge in [-0.25, -0.2) is 0 Å². The molecule has 2 nitrogen and oxygen atoms in total. The molecule has 1 saturated heterocycles. The average Bonchev–Trinajstić information content (AvgIpc) is 2.03. The summed E-state index contributed by atoms with van der Waals surface area (Å²) in [6.45, 7) is 5.27. The third-order valence-electron chi connectivity index (χ3n) is 1.85. The van der Waals surface area contributed by atoms with Crippen LogP contribution in [0.1, 0.15) is 12.8 Å². The van der Waals surface area contributed by atoms with Gasteiger partial charge < -0.3 is 4.90 Å². The first-order valence-electron chi connectivity index (χ1n) is 3.79. The van der Waals surface area contributed by atoms with Crippen LogP contribution >= 0.6 is 22.6 Å². The van der Waals surface area contributed by atoms with Crippen molar-refractivity contribution in [2.75, 3.05) is 13.1 Å². The maximum atomic E-state index is 11.1. The Morgan fingerprint density at radius 1 is 1.73 bits per heavy atom. The van der Waals surface area contributed by atoms with Crippen LogP contribution in [0.5, 0.6) is 0 Å². The summed E-state index contributed by atoms with van der Waals surface area (Å²) in [4.78, 5) is 13.0. The lowest BCUT2D eigenvalue weighted by Crippen LogP contribution is -2.39. The van der Waals surface area contributed by atoms with Crippen LogP contribution in [-0.2, 0) is 4.79 Å². The summed E-state index contributed by atoms with van der Waals surface area (Å²) < 4.78 is 0.630. The molecule has 1 aliphatic rings. The van der Waals surface area contributed by atoms with Gasteiger partial charge in [0, 0.05) is 17.0 Å². The molecule has 62 valence electrons. The van der Waals surface area contributed by atoms with E-state index < -0.39 is 0 Å². The van der Waals surface area contributed by atoms with Crippen molar-refractivity contribution in [3.63, 3.8) is 0 Å². The molecule has 1 amide bonds. The first kappa shape index (κ1) is 9.03. The van der Waals surface area contributed by atoms with E-state index in [9.17, 15) is 4.79 Å². The summed E-state index contributed by atoms with van der Waals surface area (Å²) in [6, 6.07) is 0. The Morgan fingerprint density at radius 3 is 3.00 bits per heavy atom. The molecule has 0 aromatic heterocycles. The molecule has 11 heavy (non-hydrogen) atoms. The monoisotopic (exact) mass is 265 g/mol. The summed E-state index contributed by atoms with van der Waals surface area (Å²) in [5.41, 5.74) is 0. The van der Waals surface area contributed by atoms with Crippen LogP contribution in [0.4, 0.5) is 0 Å². The lowest BCUT2D eigenvalue weighted by atomic mass is 10.1. The molecule has 0 spiro atoms. The first-order valence-corrected chi connectivity index (χ1v) is 5.04. The van der Waals surface area contributed by atoms with Gasteiger partial charge in [0.05, 0.1) is 0 Å². The molecule has 1 atom stereocenters. The van der Waals surface area contributed by atoms with Crippen molar-refractivity contribution in [3.8, 4) is 0 Å². The van der Waals surface area contributed by atoms with Crippen molar-refractivity contribution < 1.29 is 4.79 Å². The van der Waals surface area contributed by atoms with Crippen molar-refractivity contribution in [2.45, 2.75) is 16.8 Å². The number of nitrogens with zero attached hydrogens (tertiary/aromatic N) is 1. The van der Waals surface area contributed by atoms with Gasteiger partial charge in [-0.1, -0.05) is 29.2 Å². The van der Waals surface area contributed by atoms with E-state index >= 15 is 0 Å². The molecule has 3 heteroatoms. The Labute approximate surface area is 80.8 Å². The van der Waals surface area contributed by atoms with E-state index in [1.807, 2.05) is 4.90 Å². The summed E-state index contributed by atoms with van der Waals surface area (Å²) >= 11 is 2.39. The van der Waals surface area contributed by atoms with Gasteiger partial charge in [0.1, 0.15) is 0 Å². The number of rotatable bonds is 1. The van der Waals surface area contributed by atoms with Gasteiger partial charge in [0.15, 0.2) is 0 Å². The molecular weight excluding hydrogens is 253 g/mol. The third kappa shape index (κ3) is 2.47. The fraction of sp³-hybridized carbons (Fsp3) is 0.625. The maximum absolute atomic E-state index is 11.1. The van der Waals surface area contributed by atoms with E-state index in [0.717, 1.165) is 19.5 Å². The quantitative estimate of drug-likeness (QED) is 0.400. The highest BCUT2D eigenvalue weighted by Crippen LogP contribution is 2.17. The smallest absolute Gasteiger partial charge is 0.245 e. The van der Waals surface area contributed by atoms with Gasteiger partial charge in [-0.15, -0.1) is 0 Å². The minimum atomic E-state index is 0.0753. The number of likely N-dealkylation sites (tertiary alicyclic amines) is 1. The molecule has 1 rings (SSSR count). The average molecular weight is 265 g/mol.